The van der Waals surface area contributed by atoms with Crippen molar-refractivity contribution < 1.29 is 0 Å². The van der Waals surface area contributed by atoms with Crippen LogP contribution in [-0.2, 0) is 6.54 Å². The van der Waals surface area contributed by atoms with E-state index in [1.165, 1.54) is 38.2 Å². The van der Waals surface area contributed by atoms with Crippen LogP contribution in [0.4, 0.5) is 0 Å². The lowest BCUT2D eigenvalue weighted by molar-refractivity contribution is 0.142. The number of nitrogens with one attached hydrogen (secondary N) is 1. The zero-order valence-electron chi connectivity index (χ0n) is 10.0. The minimum atomic E-state index is 0. The van der Waals surface area contributed by atoms with Gasteiger partial charge in [0.15, 0.2) is 0 Å². The predicted octanol–water partition coefficient (Wildman–Crippen LogP) is 1.54. The molecule has 2 aliphatic rings. The first-order valence-electron chi connectivity index (χ1n) is 6.24. The van der Waals surface area contributed by atoms with E-state index in [0.717, 1.165) is 18.4 Å². The van der Waals surface area contributed by atoms with Crippen molar-refractivity contribution in [3.05, 3.63) is 30.1 Å². The molecule has 0 aromatic carbocycles. The van der Waals surface area contributed by atoms with Crippen molar-refractivity contribution >= 4 is 12.4 Å². The SMILES string of the molecule is Cl.c1cc(CN2CCC3CNCC3C2)ccn1. The lowest BCUT2D eigenvalue weighted by atomic mass is 9.88. The lowest BCUT2D eigenvalue weighted by Gasteiger charge is -2.34. The third-order valence-electron chi connectivity index (χ3n) is 3.94. The third kappa shape index (κ3) is 2.97. The Bertz CT molecular complexity index is 344. The summed E-state index contributed by atoms with van der Waals surface area (Å²) in [5.74, 6) is 1.82. The second kappa shape index (κ2) is 5.80. The van der Waals surface area contributed by atoms with Crippen LogP contribution in [0.3, 0.4) is 0 Å². The van der Waals surface area contributed by atoms with Gasteiger partial charge in [0, 0.05) is 25.5 Å². The molecule has 3 nitrogen and oxygen atoms in total. The molecular formula is C13H20ClN3. The van der Waals surface area contributed by atoms with Gasteiger partial charge in [-0.15, -0.1) is 12.4 Å². The highest BCUT2D eigenvalue weighted by molar-refractivity contribution is 5.85. The Hall–Kier alpha value is -0.640. The average Bonchev–Trinajstić information content (AvgIpc) is 2.77. The fraction of sp³-hybridized carbons (Fsp3) is 0.615. The quantitative estimate of drug-likeness (QED) is 0.867. The molecule has 0 aliphatic carbocycles. The highest BCUT2D eigenvalue weighted by Gasteiger charge is 2.32. The van der Waals surface area contributed by atoms with Crippen LogP contribution in [0.5, 0.6) is 0 Å². The number of fused-ring (bicyclic) bond motifs is 1. The van der Waals surface area contributed by atoms with Gasteiger partial charge in [-0.25, -0.2) is 0 Å². The molecule has 0 spiro atoms. The predicted molar refractivity (Wildman–Crippen MR) is 71.2 cm³/mol. The van der Waals surface area contributed by atoms with E-state index in [1.54, 1.807) is 0 Å². The summed E-state index contributed by atoms with van der Waals surface area (Å²) in [5.41, 5.74) is 1.39. The molecule has 2 fully saturated rings. The summed E-state index contributed by atoms with van der Waals surface area (Å²) in [6.45, 7) is 6.07. The van der Waals surface area contributed by atoms with Crippen LogP contribution < -0.4 is 5.32 Å². The number of likely N-dealkylation sites (tertiary alicyclic amines) is 1. The van der Waals surface area contributed by atoms with E-state index in [-0.39, 0.29) is 12.4 Å². The molecule has 0 saturated carbocycles. The summed E-state index contributed by atoms with van der Waals surface area (Å²) in [4.78, 5) is 6.65. The van der Waals surface area contributed by atoms with E-state index in [0.29, 0.717) is 0 Å². The van der Waals surface area contributed by atoms with Crippen LogP contribution in [0.15, 0.2) is 24.5 Å². The smallest absolute Gasteiger partial charge is 0.0271 e. The molecule has 0 bridgehead atoms. The zero-order chi connectivity index (χ0) is 10.8. The van der Waals surface area contributed by atoms with Gasteiger partial charge in [-0.3, -0.25) is 9.88 Å². The Morgan fingerprint density at radius 3 is 2.82 bits per heavy atom. The first kappa shape index (κ1) is 12.8. The van der Waals surface area contributed by atoms with Crippen LogP contribution >= 0.6 is 12.4 Å². The summed E-state index contributed by atoms with van der Waals surface area (Å²) >= 11 is 0. The average molecular weight is 254 g/mol. The second-order valence-corrected chi connectivity index (χ2v) is 5.06. The van der Waals surface area contributed by atoms with Crippen LogP contribution in [-0.4, -0.2) is 36.1 Å². The fourth-order valence-electron chi connectivity index (χ4n) is 3.00. The molecule has 0 radical (unpaired) electrons. The maximum Gasteiger partial charge on any atom is 0.0271 e. The van der Waals surface area contributed by atoms with Crippen molar-refractivity contribution in [3.63, 3.8) is 0 Å². The summed E-state index contributed by atoms with van der Waals surface area (Å²) in [6, 6.07) is 4.25. The largest absolute Gasteiger partial charge is 0.316 e. The molecule has 2 aliphatic heterocycles. The maximum absolute atomic E-state index is 4.06. The fourth-order valence-corrected chi connectivity index (χ4v) is 3.00. The Morgan fingerprint density at radius 1 is 1.24 bits per heavy atom. The standard InChI is InChI=1S/C13H19N3.ClH/c1-4-14-5-2-11(1)9-16-6-3-12-7-15-8-13(12)10-16;/h1-2,4-5,12-13,15H,3,6-10H2;1H. The van der Waals surface area contributed by atoms with Crippen molar-refractivity contribution in [2.75, 3.05) is 26.2 Å². The van der Waals surface area contributed by atoms with Gasteiger partial charge >= 0.3 is 0 Å². The molecule has 3 rings (SSSR count). The van der Waals surface area contributed by atoms with E-state index in [4.69, 9.17) is 0 Å². The lowest BCUT2D eigenvalue weighted by Crippen LogP contribution is -2.39. The van der Waals surface area contributed by atoms with E-state index in [2.05, 4.69) is 27.3 Å². The van der Waals surface area contributed by atoms with Gasteiger partial charge in [0.05, 0.1) is 0 Å². The summed E-state index contributed by atoms with van der Waals surface area (Å²) in [6.07, 6.45) is 5.14. The van der Waals surface area contributed by atoms with Gasteiger partial charge in [-0.1, -0.05) is 0 Å². The van der Waals surface area contributed by atoms with Crippen molar-refractivity contribution in [1.82, 2.24) is 15.2 Å². The summed E-state index contributed by atoms with van der Waals surface area (Å²) in [5, 5.41) is 3.51. The highest BCUT2D eigenvalue weighted by Crippen LogP contribution is 2.27. The molecule has 94 valence electrons. The molecule has 1 aromatic rings. The van der Waals surface area contributed by atoms with E-state index in [1.807, 2.05) is 12.4 Å². The van der Waals surface area contributed by atoms with Gasteiger partial charge in [-0.05, 0) is 55.6 Å². The molecule has 4 heteroatoms. The van der Waals surface area contributed by atoms with Gasteiger partial charge < -0.3 is 5.32 Å². The summed E-state index contributed by atoms with van der Waals surface area (Å²) < 4.78 is 0. The van der Waals surface area contributed by atoms with Crippen molar-refractivity contribution in [3.8, 4) is 0 Å². The number of piperidine rings is 1. The molecule has 3 heterocycles. The molecule has 1 aromatic heterocycles. The van der Waals surface area contributed by atoms with Gasteiger partial charge in [-0.2, -0.15) is 0 Å². The van der Waals surface area contributed by atoms with Crippen LogP contribution in [0, 0.1) is 11.8 Å². The van der Waals surface area contributed by atoms with Crippen molar-refractivity contribution in [2.45, 2.75) is 13.0 Å². The van der Waals surface area contributed by atoms with Crippen LogP contribution in [0.25, 0.3) is 0 Å². The van der Waals surface area contributed by atoms with E-state index < -0.39 is 0 Å². The molecule has 2 atom stereocenters. The highest BCUT2D eigenvalue weighted by atomic mass is 35.5. The van der Waals surface area contributed by atoms with Crippen LogP contribution in [0.1, 0.15) is 12.0 Å². The molecule has 1 N–H and O–H groups in total. The normalized spacial score (nSPS) is 28.5. The number of hydrogen-bond donors (Lipinski definition) is 1. The number of aromatic nitrogens is 1. The zero-order valence-corrected chi connectivity index (χ0v) is 10.8. The Morgan fingerprint density at radius 2 is 2.00 bits per heavy atom. The number of rotatable bonds is 2. The third-order valence-corrected chi connectivity index (χ3v) is 3.94. The first-order valence-corrected chi connectivity index (χ1v) is 6.24. The summed E-state index contributed by atoms with van der Waals surface area (Å²) in [7, 11) is 0. The second-order valence-electron chi connectivity index (χ2n) is 5.06. The van der Waals surface area contributed by atoms with Gasteiger partial charge in [0.25, 0.3) is 0 Å². The van der Waals surface area contributed by atoms with Crippen molar-refractivity contribution in [1.29, 1.82) is 0 Å². The molecular weight excluding hydrogens is 234 g/mol. The molecule has 2 unspecified atom stereocenters. The van der Waals surface area contributed by atoms with Gasteiger partial charge in [0.1, 0.15) is 0 Å². The van der Waals surface area contributed by atoms with Crippen molar-refractivity contribution in [2.24, 2.45) is 11.8 Å². The molecule has 2 saturated heterocycles. The Labute approximate surface area is 109 Å². The topological polar surface area (TPSA) is 28.2 Å². The molecule has 17 heavy (non-hydrogen) atoms. The maximum atomic E-state index is 4.06. The minimum absolute atomic E-state index is 0. The number of hydrogen-bond acceptors (Lipinski definition) is 3. The molecule has 0 amide bonds. The van der Waals surface area contributed by atoms with E-state index >= 15 is 0 Å². The Balaban J connectivity index is 0.00000108. The Kier molecular flexibility index (Phi) is 4.37. The minimum Gasteiger partial charge on any atom is -0.316 e. The van der Waals surface area contributed by atoms with Gasteiger partial charge in [0.2, 0.25) is 0 Å². The van der Waals surface area contributed by atoms with E-state index in [9.17, 15) is 0 Å². The number of nitrogens with zero attached hydrogens (tertiary/aromatic N) is 2. The number of halogens is 1. The number of pyridine rings is 1. The van der Waals surface area contributed by atoms with Crippen LogP contribution in [0.2, 0.25) is 0 Å². The monoisotopic (exact) mass is 253 g/mol. The first-order chi connectivity index (χ1) is 7.92.